The number of hydrogen-bond donors (Lipinski definition) is 2. The minimum Gasteiger partial charge on any atom is -0.478 e. The molecule has 0 bridgehead atoms. The van der Waals surface area contributed by atoms with Crippen molar-refractivity contribution in [3.8, 4) is 0 Å². The van der Waals surface area contributed by atoms with Crippen molar-refractivity contribution in [2.75, 3.05) is 5.32 Å². The largest absolute Gasteiger partial charge is 0.478 e. The van der Waals surface area contributed by atoms with Gasteiger partial charge in [-0.05, 0) is 42.3 Å². The van der Waals surface area contributed by atoms with E-state index < -0.39 is 5.97 Å². The molecule has 1 aromatic heterocycles. The number of aromatic nitrogens is 1. The molecule has 1 amide bonds. The molecule has 0 saturated heterocycles. The summed E-state index contributed by atoms with van der Waals surface area (Å²) in [5.41, 5.74) is 1.61. The van der Waals surface area contributed by atoms with E-state index in [-0.39, 0.29) is 11.5 Å². The summed E-state index contributed by atoms with van der Waals surface area (Å²) in [5.74, 6) is -1.20. The van der Waals surface area contributed by atoms with Gasteiger partial charge >= 0.3 is 5.97 Å². The van der Waals surface area contributed by atoms with Crippen molar-refractivity contribution in [1.82, 2.24) is 4.98 Å². The maximum absolute atomic E-state index is 11.9. The summed E-state index contributed by atoms with van der Waals surface area (Å²) in [6.07, 6.45) is 4.29. The lowest BCUT2D eigenvalue weighted by atomic mass is 10.1. The van der Waals surface area contributed by atoms with E-state index in [4.69, 9.17) is 5.11 Å². The van der Waals surface area contributed by atoms with Crippen LogP contribution in [0.5, 0.6) is 0 Å². The molecule has 21 heavy (non-hydrogen) atoms. The highest BCUT2D eigenvalue weighted by molar-refractivity contribution is 9.10. The van der Waals surface area contributed by atoms with E-state index in [1.165, 1.54) is 12.1 Å². The molecule has 0 spiro atoms. The predicted octanol–water partition coefficient (Wildman–Crippen LogP) is 3.11. The Morgan fingerprint density at radius 3 is 2.57 bits per heavy atom. The van der Waals surface area contributed by atoms with Crippen molar-refractivity contribution in [3.63, 3.8) is 0 Å². The van der Waals surface area contributed by atoms with Gasteiger partial charge in [0.25, 0.3) is 0 Å². The second-order valence-corrected chi connectivity index (χ2v) is 5.35. The number of aromatic carboxylic acids is 1. The summed E-state index contributed by atoms with van der Waals surface area (Å²) >= 11 is 3.23. The number of aryl methyl sites for hydroxylation is 1. The van der Waals surface area contributed by atoms with Crippen molar-refractivity contribution in [1.29, 1.82) is 0 Å². The van der Waals surface area contributed by atoms with Gasteiger partial charge in [-0.2, -0.15) is 0 Å². The molecule has 0 unspecified atom stereocenters. The van der Waals surface area contributed by atoms with E-state index in [2.05, 4.69) is 26.2 Å². The molecule has 0 saturated carbocycles. The van der Waals surface area contributed by atoms with Gasteiger partial charge in [-0.25, -0.2) is 4.79 Å². The van der Waals surface area contributed by atoms with Gasteiger partial charge < -0.3 is 10.4 Å². The van der Waals surface area contributed by atoms with Crippen LogP contribution in [0.1, 0.15) is 22.3 Å². The fourth-order valence-corrected chi connectivity index (χ4v) is 2.31. The first kappa shape index (κ1) is 15.2. The average Bonchev–Trinajstić information content (AvgIpc) is 2.45. The molecule has 108 valence electrons. The van der Waals surface area contributed by atoms with Gasteiger partial charge in [-0.1, -0.05) is 15.9 Å². The fraction of sp³-hybridized carbons (Fsp3) is 0.133. The Hall–Kier alpha value is -2.21. The number of nitrogens with one attached hydrogen (secondary N) is 1. The molecule has 1 heterocycles. The lowest BCUT2D eigenvalue weighted by Gasteiger charge is -2.07. The Bertz CT molecular complexity index is 659. The number of benzene rings is 1. The molecule has 1 aromatic carbocycles. The zero-order valence-corrected chi connectivity index (χ0v) is 12.6. The lowest BCUT2D eigenvalue weighted by molar-refractivity contribution is -0.116. The number of carbonyl (C=O) groups excluding carboxylic acids is 1. The first-order valence-corrected chi connectivity index (χ1v) is 7.06. The third kappa shape index (κ3) is 4.68. The van der Waals surface area contributed by atoms with Gasteiger partial charge in [0.1, 0.15) is 0 Å². The first-order chi connectivity index (χ1) is 10.0. The molecular formula is C15H13BrN2O3. The zero-order valence-electron chi connectivity index (χ0n) is 11.0. The molecule has 2 N–H and O–H groups in total. The fourth-order valence-electron chi connectivity index (χ4n) is 1.82. The summed E-state index contributed by atoms with van der Waals surface area (Å²) in [6, 6.07) is 8.28. The molecule has 0 radical (unpaired) electrons. The zero-order chi connectivity index (χ0) is 15.2. The summed E-state index contributed by atoms with van der Waals surface area (Å²) in [4.78, 5) is 26.8. The normalized spacial score (nSPS) is 10.1. The van der Waals surface area contributed by atoms with Crippen LogP contribution in [0.25, 0.3) is 0 Å². The summed E-state index contributed by atoms with van der Waals surface area (Å²) in [6.45, 7) is 0. The Balaban J connectivity index is 1.98. The molecule has 6 heteroatoms. The molecule has 0 atom stereocenters. The van der Waals surface area contributed by atoms with Gasteiger partial charge in [-0.3, -0.25) is 9.78 Å². The van der Waals surface area contributed by atoms with Crippen LogP contribution in [0.4, 0.5) is 5.69 Å². The monoisotopic (exact) mass is 348 g/mol. The maximum Gasteiger partial charge on any atom is 0.335 e. The van der Waals surface area contributed by atoms with Crippen molar-refractivity contribution in [3.05, 3.63) is 58.3 Å². The van der Waals surface area contributed by atoms with Crippen molar-refractivity contribution < 1.29 is 14.7 Å². The van der Waals surface area contributed by atoms with E-state index in [0.717, 1.165) is 5.56 Å². The van der Waals surface area contributed by atoms with Gasteiger partial charge in [0.05, 0.1) is 5.56 Å². The second-order valence-electron chi connectivity index (χ2n) is 4.44. The van der Waals surface area contributed by atoms with E-state index >= 15 is 0 Å². The van der Waals surface area contributed by atoms with Crippen LogP contribution >= 0.6 is 15.9 Å². The Morgan fingerprint density at radius 2 is 1.90 bits per heavy atom. The number of nitrogens with zero attached hydrogens (tertiary/aromatic N) is 1. The number of carboxylic acid groups (broad SMARTS) is 1. The molecular weight excluding hydrogens is 336 g/mol. The highest BCUT2D eigenvalue weighted by atomic mass is 79.9. The summed E-state index contributed by atoms with van der Waals surface area (Å²) in [5, 5.41) is 11.7. The molecule has 2 aromatic rings. The smallest absolute Gasteiger partial charge is 0.335 e. The Kier molecular flexibility index (Phi) is 5.05. The highest BCUT2D eigenvalue weighted by Gasteiger charge is 2.08. The van der Waals surface area contributed by atoms with Crippen LogP contribution in [0.2, 0.25) is 0 Å². The third-order valence-corrected chi connectivity index (χ3v) is 3.28. The van der Waals surface area contributed by atoms with E-state index in [1.54, 1.807) is 18.5 Å². The minimum atomic E-state index is -1.04. The van der Waals surface area contributed by atoms with Crippen LogP contribution in [-0.2, 0) is 11.2 Å². The Morgan fingerprint density at radius 1 is 1.19 bits per heavy atom. The standard InChI is InChI=1S/C15H13BrN2O3/c16-12-7-11(15(20)21)8-13(9-12)18-14(19)2-1-10-3-5-17-6-4-10/h3-9H,1-2H2,(H,18,19)(H,20,21). The SMILES string of the molecule is O=C(CCc1ccncc1)Nc1cc(Br)cc(C(=O)O)c1. The van der Waals surface area contributed by atoms with Crippen LogP contribution < -0.4 is 5.32 Å². The molecule has 0 fully saturated rings. The van der Waals surface area contributed by atoms with E-state index in [1.807, 2.05) is 12.1 Å². The number of carbonyl (C=O) groups is 2. The van der Waals surface area contributed by atoms with E-state index in [0.29, 0.717) is 23.0 Å². The van der Waals surface area contributed by atoms with Crippen LogP contribution in [-0.4, -0.2) is 22.0 Å². The number of rotatable bonds is 5. The molecule has 5 nitrogen and oxygen atoms in total. The molecule has 0 aliphatic carbocycles. The van der Waals surface area contributed by atoms with Crippen molar-refractivity contribution in [2.24, 2.45) is 0 Å². The van der Waals surface area contributed by atoms with Crippen LogP contribution in [0, 0.1) is 0 Å². The van der Waals surface area contributed by atoms with Crippen molar-refractivity contribution >= 4 is 33.5 Å². The summed E-state index contributed by atoms with van der Waals surface area (Å²) in [7, 11) is 0. The number of pyridine rings is 1. The average molecular weight is 349 g/mol. The lowest BCUT2D eigenvalue weighted by Crippen LogP contribution is -2.13. The molecule has 2 rings (SSSR count). The summed E-state index contributed by atoms with van der Waals surface area (Å²) < 4.78 is 0.604. The van der Waals surface area contributed by atoms with E-state index in [9.17, 15) is 9.59 Å². The minimum absolute atomic E-state index is 0.119. The second kappa shape index (κ2) is 6.99. The van der Waals surface area contributed by atoms with Gasteiger partial charge in [0.15, 0.2) is 0 Å². The number of amides is 1. The van der Waals surface area contributed by atoms with Crippen LogP contribution in [0.3, 0.4) is 0 Å². The molecule has 0 aliphatic heterocycles. The first-order valence-electron chi connectivity index (χ1n) is 6.27. The van der Waals surface area contributed by atoms with Gasteiger partial charge in [0, 0.05) is 29.0 Å². The quantitative estimate of drug-likeness (QED) is 0.869. The van der Waals surface area contributed by atoms with Crippen molar-refractivity contribution in [2.45, 2.75) is 12.8 Å². The number of anilines is 1. The topological polar surface area (TPSA) is 79.3 Å². The maximum atomic E-state index is 11.9. The predicted molar refractivity (Wildman–Crippen MR) is 82.3 cm³/mol. The highest BCUT2D eigenvalue weighted by Crippen LogP contribution is 2.20. The number of carboxylic acids is 1. The molecule has 0 aliphatic rings. The Labute approximate surface area is 130 Å². The number of hydrogen-bond acceptors (Lipinski definition) is 3. The van der Waals surface area contributed by atoms with Crippen LogP contribution in [0.15, 0.2) is 47.2 Å². The van der Waals surface area contributed by atoms with Gasteiger partial charge in [-0.15, -0.1) is 0 Å². The third-order valence-electron chi connectivity index (χ3n) is 2.82. The van der Waals surface area contributed by atoms with Gasteiger partial charge in [0.2, 0.25) is 5.91 Å². The number of halogens is 1.